The summed E-state index contributed by atoms with van der Waals surface area (Å²) in [5.41, 5.74) is -2.45. The minimum Gasteiger partial charge on any atom is -0.506 e. The lowest BCUT2D eigenvalue weighted by atomic mass is 9.41. The molecule has 0 radical (unpaired) electrons. The van der Waals surface area contributed by atoms with Crippen molar-refractivity contribution in [2.75, 3.05) is 19.8 Å². The summed E-state index contributed by atoms with van der Waals surface area (Å²) in [5.74, 6) is -7.60. The summed E-state index contributed by atoms with van der Waals surface area (Å²) in [7, 11) is 0. The lowest BCUT2D eigenvalue weighted by Gasteiger charge is -2.64. The molecule has 320 valence electrons. The summed E-state index contributed by atoms with van der Waals surface area (Å²) < 4.78 is 16.6. The van der Waals surface area contributed by atoms with Gasteiger partial charge in [0.15, 0.2) is 23.0 Å². The Balaban J connectivity index is 1.56. The van der Waals surface area contributed by atoms with Gasteiger partial charge < -0.3 is 85.7 Å². The van der Waals surface area contributed by atoms with Crippen molar-refractivity contribution in [2.24, 2.45) is 28.1 Å². The zero-order valence-electron chi connectivity index (χ0n) is 31.8. The highest BCUT2D eigenvalue weighted by Gasteiger charge is 2.68. The van der Waals surface area contributed by atoms with Crippen LogP contribution in [0.25, 0.3) is 0 Å². The smallest absolute Gasteiger partial charge is 0.314 e. The molecule has 9 unspecified atom stereocenters. The fraction of sp³-hybridized carbons (Fsp3) is 0.763. The molecule has 4 aliphatic rings. The van der Waals surface area contributed by atoms with Gasteiger partial charge in [0.2, 0.25) is 17.8 Å². The number of fused-ring (bicyclic) bond motifs is 3. The molecule has 18 heteroatoms. The lowest BCUT2D eigenvalue weighted by Crippen LogP contribution is -2.59. The highest BCUT2D eigenvalue weighted by atomic mass is 16.7. The van der Waals surface area contributed by atoms with E-state index in [0.717, 1.165) is 6.42 Å². The first-order valence-corrected chi connectivity index (χ1v) is 19.0. The maximum absolute atomic E-state index is 13.8. The van der Waals surface area contributed by atoms with Crippen molar-refractivity contribution in [3.8, 4) is 0 Å². The van der Waals surface area contributed by atoms with Crippen LogP contribution >= 0.6 is 0 Å². The van der Waals surface area contributed by atoms with Gasteiger partial charge >= 0.3 is 5.97 Å². The van der Waals surface area contributed by atoms with Gasteiger partial charge in [-0.05, 0) is 86.5 Å². The van der Waals surface area contributed by atoms with E-state index >= 15 is 0 Å². The Morgan fingerprint density at radius 1 is 0.679 bits per heavy atom. The van der Waals surface area contributed by atoms with E-state index in [9.17, 15) is 66.1 Å². The molecule has 14 N–H and O–H groups in total. The molecule has 0 heterocycles. The largest absolute Gasteiger partial charge is 0.506 e. The molecule has 0 saturated heterocycles. The van der Waals surface area contributed by atoms with Crippen molar-refractivity contribution in [3.63, 3.8) is 0 Å². The monoisotopic (exact) mass is 804 g/mol. The minimum absolute atomic E-state index is 0.0263. The highest BCUT2D eigenvalue weighted by molar-refractivity contribution is 5.77. The van der Waals surface area contributed by atoms with Gasteiger partial charge in [0, 0.05) is 39.1 Å². The molecule has 0 amide bonds. The van der Waals surface area contributed by atoms with Crippen LogP contribution in [-0.4, -0.2) is 140 Å². The normalized spacial score (nSPS) is 34.7. The number of ether oxygens (including phenoxy) is 3. The molecule has 0 aromatic rings. The van der Waals surface area contributed by atoms with E-state index in [1.54, 1.807) is 6.92 Å². The van der Waals surface area contributed by atoms with Crippen molar-refractivity contribution in [2.45, 2.75) is 134 Å². The van der Waals surface area contributed by atoms with Crippen molar-refractivity contribution in [3.05, 3.63) is 46.7 Å². The minimum atomic E-state index is -2.48. The first-order chi connectivity index (χ1) is 26.2. The number of rotatable bonds is 18. The van der Waals surface area contributed by atoms with Crippen molar-refractivity contribution >= 4 is 5.97 Å². The zero-order valence-corrected chi connectivity index (χ0v) is 31.8. The van der Waals surface area contributed by atoms with E-state index in [-0.39, 0.29) is 18.3 Å². The third-order valence-electron chi connectivity index (χ3n) is 13.0. The molecule has 1 spiro atoms. The van der Waals surface area contributed by atoms with Crippen molar-refractivity contribution in [1.29, 1.82) is 0 Å². The first-order valence-electron chi connectivity index (χ1n) is 19.0. The van der Waals surface area contributed by atoms with Crippen molar-refractivity contribution < 1.29 is 90.5 Å². The molecule has 0 aliphatic heterocycles. The lowest BCUT2D eigenvalue weighted by molar-refractivity contribution is -0.219. The molecular weight excluding hydrogens is 744 g/mol. The van der Waals surface area contributed by atoms with Gasteiger partial charge in [-0.15, -0.1) is 0 Å². The maximum Gasteiger partial charge on any atom is 0.314 e. The van der Waals surface area contributed by atoms with Crippen LogP contribution in [0.15, 0.2) is 46.7 Å². The zero-order chi connectivity index (χ0) is 42.0. The summed E-state index contributed by atoms with van der Waals surface area (Å²) in [5, 5.41) is 142. The molecule has 4 saturated carbocycles. The van der Waals surface area contributed by atoms with Gasteiger partial charge in [0.05, 0.1) is 11.0 Å². The average Bonchev–Trinajstić information content (AvgIpc) is 3.34. The Bertz CT molecular complexity index is 1530. The Morgan fingerprint density at radius 2 is 1.20 bits per heavy atom. The van der Waals surface area contributed by atoms with Crippen LogP contribution in [0.4, 0.5) is 0 Å². The third kappa shape index (κ3) is 8.50. The number of aliphatic hydroxyl groups is 14. The van der Waals surface area contributed by atoms with Crippen LogP contribution < -0.4 is 0 Å². The molecule has 18 nitrogen and oxygen atoms in total. The Hall–Kier alpha value is -3.17. The average molecular weight is 805 g/mol. The molecular formula is C38H60O18. The summed E-state index contributed by atoms with van der Waals surface area (Å²) in [6.45, 7) is 6.46. The molecule has 4 rings (SSSR count). The number of carbonyl (C=O) groups is 1. The molecule has 4 fully saturated rings. The second kappa shape index (κ2) is 17.8. The van der Waals surface area contributed by atoms with E-state index in [0.29, 0.717) is 56.9 Å². The fourth-order valence-corrected chi connectivity index (χ4v) is 10.3. The molecule has 56 heavy (non-hydrogen) atoms. The van der Waals surface area contributed by atoms with Crippen LogP contribution in [0, 0.1) is 28.1 Å². The van der Waals surface area contributed by atoms with Gasteiger partial charge in [-0.25, -0.2) is 0 Å². The molecule has 0 aromatic carbocycles. The Labute approximate surface area is 324 Å². The van der Waals surface area contributed by atoms with Gasteiger partial charge in [-0.1, -0.05) is 19.9 Å². The molecule has 12 atom stereocenters. The third-order valence-corrected chi connectivity index (χ3v) is 13.0. The van der Waals surface area contributed by atoms with Crippen LogP contribution in [0.1, 0.15) is 90.9 Å². The SMILES string of the molecule is C=C1CC23CCC4[C@](C)(C(=O)OC(O)/C(O)=C(\O)C(O)CCO)CCC[C@@]4(C)[C@@H]2CCC1(OC(O)/C(O)=C(\OC(O)/C(O)=C(/O)C(O)CCO)C(O)CCO)C3. The van der Waals surface area contributed by atoms with Crippen LogP contribution in [0.2, 0.25) is 0 Å². The van der Waals surface area contributed by atoms with Crippen LogP contribution in [0.3, 0.4) is 0 Å². The number of carbonyl (C=O) groups excluding carboxylic acids is 1. The second-order valence-electron chi connectivity index (χ2n) is 16.3. The number of hydrogen-bond acceptors (Lipinski definition) is 18. The fourth-order valence-electron chi connectivity index (χ4n) is 10.3. The first kappa shape index (κ1) is 45.5. The van der Waals surface area contributed by atoms with Crippen LogP contribution in [0.5, 0.6) is 0 Å². The van der Waals surface area contributed by atoms with Gasteiger partial charge in [-0.3, -0.25) is 4.79 Å². The van der Waals surface area contributed by atoms with E-state index in [4.69, 9.17) is 24.4 Å². The molecule has 4 aliphatic carbocycles. The predicted octanol–water partition coefficient (Wildman–Crippen LogP) is 1.26. The van der Waals surface area contributed by atoms with Crippen molar-refractivity contribution in [1.82, 2.24) is 0 Å². The second-order valence-corrected chi connectivity index (χ2v) is 16.3. The van der Waals surface area contributed by atoms with E-state index in [1.807, 2.05) is 0 Å². The highest BCUT2D eigenvalue weighted by Crippen LogP contribution is 2.73. The van der Waals surface area contributed by atoms with Gasteiger partial charge in [0.1, 0.15) is 18.3 Å². The summed E-state index contributed by atoms with van der Waals surface area (Å²) in [6.07, 6.45) is -8.65. The topological polar surface area (TPSA) is 328 Å². The number of hydrogen-bond donors (Lipinski definition) is 14. The summed E-state index contributed by atoms with van der Waals surface area (Å²) >= 11 is 0. The number of esters is 1. The van der Waals surface area contributed by atoms with Gasteiger partial charge in [-0.2, -0.15) is 0 Å². The quantitative estimate of drug-likeness (QED) is 0.0401. The molecule has 2 bridgehead atoms. The predicted molar refractivity (Wildman–Crippen MR) is 193 cm³/mol. The van der Waals surface area contributed by atoms with E-state index in [1.165, 1.54) is 0 Å². The summed E-state index contributed by atoms with van der Waals surface area (Å²) in [4.78, 5) is 13.8. The number of aliphatic hydroxyl groups excluding tert-OH is 14. The Morgan fingerprint density at radius 3 is 1.75 bits per heavy atom. The van der Waals surface area contributed by atoms with Crippen LogP contribution in [-0.2, 0) is 19.0 Å². The maximum atomic E-state index is 13.8. The standard InChI is InChI=1S/C38H60O18/c1-19-17-37-12-5-23-35(2,10-4-11-36(23,3)34(53)55-32(51)28(48)26(46)21(43)8-15-40)24(37)6-13-38(19,18-37)56-33(52)29(49)30(22(44)9-16-41)54-31(50)27(47)25(45)20(42)7-14-39/h20-24,31-33,39-52H,1,4-18H2,2-3H3/b27-25-,28-26+,30-29+/t20?,21?,22?,23?,24-,31?,32?,33?,35+,36+,37?,38?/m0/s1. The van der Waals surface area contributed by atoms with E-state index < -0.39 is 132 Å². The Kier molecular flexibility index (Phi) is 14.4. The van der Waals surface area contributed by atoms with E-state index in [2.05, 4.69) is 13.5 Å². The molecule has 0 aromatic heterocycles. The van der Waals surface area contributed by atoms with Gasteiger partial charge in [0.25, 0.3) is 12.6 Å². The summed E-state index contributed by atoms with van der Waals surface area (Å²) in [6, 6.07) is 0.